The van der Waals surface area contributed by atoms with Gasteiger partial charge in [-0.3, -0.25) is 0 Å². The molecule has 3 aromatic rings. The van der Waals surface area contributed by atoms with Crippen LogP contribution in [-0.2, 0) is 0 Å². The van der Waals surface area contributed by atoms with Gasteiger partial charge in [-0.25, -0.2) is 9.78 Å². The molecular formula is C23H25N3O2. The zero-order valence-electron chi connectivity index (χ0n) is 16.6. The second kappa shape index (κ2) is 8.57. The number of benzene rings is 2. The second-order valence-corrected chi connectivity index (χ2v) is 7.10. The van der Waals surface area contributed by atoms with Gasteiger partial charge in [-0.15, -0.1) is 0 Å². The molecule has 5 heteroatoms. The van der Waals surface area contributed by atoms with Crippen molar-refractivity contribution in [3.63, 3.8) is 0 Å². The van der Waals surface area contributed by atoms with E-state index in [1.54, 1.807) is 18.3 Å². The van der Waals surface area contributed by atoms with Gasteiger partial charge in [0.05, 0.1) is 0 Å². The number of aromatic nitrogens is 1. The van der Waals surface area contributed by atoms with Crippen LogP contribution in [0.5, 0.6) is 11.6 Å². The molecule has 1 aromatic heterocycles. The van der Waals surface area contributed by atoms with Crippen molar-refractivity contribution in [1.29, 1.82) is 0 Å². The molecule has 0 aliphatic carbocycles. The Hall–Kier alpha value is -3.34. The molecule has 5 nitrogen and oxygen atoms in total. The molecule has 0 bridgehead atoms. The molecule has 144 valence electrons. The van der Waals surface area contributed by atoms with Crippen LogP contribution >= 0.6 is 0 Å². The van der Waals surface area contributed by atoms with Crippen molar-refractivity contribution < 1.29 is 9.53 Å². The van der Waals surface area contributed by atoms with Crippen LogP contribution in [0.25, 0.3) is 0 Å². The molecule has 2 amide bonds. The molecule has 0 fully saturated rings. The summed E-state index contributed by atoms with van der Waals surface area (Å²) in [4.78, 5) is 16.7. The number of nitrogens with zero attached hydrogens (tertiary/aromatic N) is 1. The van der Waals surface area contributed by atoms with Crippen LogP contribution in [0.1, 0.15) is 36.5 Å². The van der Waals surface area contributed by atoms with Gasteiger partial charge in [0.1, 0.15) is 11.4 Å². The summed E-state index contributed by atoms with van der Waals surface area (Å²) in [7, 11) is 0. The standard InChI is InChI=1S/C23H25N3O2/c1-15(2)19-12-9-17(4)14-21(19)28-22-20(6-5-13-24-22)26-23(27)25-18-10-7-16(3)8-11-18/h5-15H,1-4H3,(H2,25,26,27). The molecule has 0 saturated carbocycles. The number of aryl methyl sites for hydroxylation is 2. The van der Waals surface area contributed by atoms with Gasteiger partial charge >= 0.3 is 6.03 Å². The number of carbonyl (C=O) groups excluding carboxylic acids is 1. The quantitative estimate of drug-likeness (QED) is 0.553. The van der Waals surface area contributed by atoms with Crippen molar-refractivity contribution in [2.45, 2.75) is 33.6 Å². The van der Waals surface area contributed by atoms with Gasteiger partial charge in [-0.1, -0.05) is 43.7 Å². The van der Waals surface area contributed by atoms with E-state index < -0.39 is 0 Å². The summed E-state index contributed by atoms with van der Waals surface area (Å²) in [6, 6.07) is 16.9. The maximum absolute atomic E-state index is 12.4. The van der Waals surface area contributed by atoms with Gasteiger partial charge in [0.25, 0.3) is 0 Å². The van der Waals surface area contributed by atoms with Crippen molar-refractivity contribution in [1.82, 2.24) is 4.98 Å². The number of urea groups is 1. The lowest BCUT2D eigenvalue weighted by Crippen LogP contribution is -2.20. The molecular weight excluding hydrogens is 350 g/mol. The molecule has 0 atom stereocenters. The van der Waals surface area contributed by atoms with Crippen LogP contribution < -0.4 is 15.4 Å². The molecule has 0 saturated heterocycles. The SMILES string of the molecule is Cc1ccc(NC(=O)Nc2cccnc2Oc2cc(C)ccc2C(C)C)cc1. The van der Waals surface area contributed by atoms with Gasteiger partial charge < -0.3 is 15.4 Å². The summed E-state index contributed by atoms with van der Waals surface area (Å²) >= 11 is 0. The number of carbonyl (C=O) groups is 1. The highest BCUT2D eigenvalue weighted by atomic mass is 16.5. The fourth-order valence-corrected chi connectivity index (χ4v) is 2.80. The van der Waals surface area contributed by atoms with E-state index in [9.17, 15) is 4.79 Å². The Labute approximate surface area is 165 Å². The van der Waals surface area contributed by atoms with Crippen molar-refractivity contribution in [3.05, 3.63) is 77.5 Å². The minimum Gasteiger partial charge on any atom is -0.437 e. The van der Waals surface area contributed by atoms with E-state index in [2.05, 4.69) is 41.6 Å². The van der Waals surface area contributed by atoms with Crippen molar-refractivity contribution in [3.8, 4) is 11.6 Å². The molecule has 0 aliphatic heterocycles. The predicted molar refractivity (Wildman–Crippen MR) is 113 cm³/mol. The van der Waals surface area contributed by atoms with Crippen molar-refractivity contribution >= 4 is 17.4 Å². The van der Waals surface area contributed by atoms with E-state index in [1.807, 2.05) is 44.2 Å². The van der Waals surface area contributed by atoms with Crippen LogP contribution in [0.2, 0.25) is 0 Å². The largest absolute Gasteiger partial charge is 0.437 e. The Kier molecular flexibility index (Phi) is 5.94. The highest BCUT2D eigenvalue weighted by Crippen LogP contribution is 2.33. The van der Waals surface area contributed by atoms with Crippen LogP contribution in [0.3, 0.4) is 0 Å². The smallest absolute Gasteiger partial charge is 0.323 e. The van der Waals surface area contributed by atoms with E-state index >= 15 is 0 Å². The lowest BCUT2D eigenvalue weighted by Gasteiger charge is -2.16. The van der Waals surface area contributed by atoms with Gasteiger partial charge in [0.2, 0.25) is 5.88 Å². The summed E-state index contributed by atoms with van der Waals surface area (Å²) in [5.74, 6) is 1.41. The summed E-state index contributed by atoms with van der Waals surface area (Å²) in [6.07, 6.45) is 1.64. The Morgan fingerprint density at radius 2 is 1.68 bits per heavy atom. The lowest BCUT2D eigenvalue weighted by molar-refractivity contribution is 0.262. The minimum absolute atomic E-state index is 0.306. The number of amides is 2. The zero-order valence-corrected chi connectivity index (χ0v) is 16.6. The fourth-order valence-electron chi connectivity index (χ4n) is 2.80. The molecule has 3 rings (SSSR count). The highest BCUT2D eigenvalue weighted by molar-refractivity contribution is 6.00. The first-order chi connectivity index (χ1) is 13.4. The third-order valence-electron chi connectivity index (χ3n) is 4.33. The second-order valence-electron chi connectivity index (χ2n) is 7.10. The minimum atomic E-state index is -0.352. The van der Waals surface area contributed by atoms with Crippen LogP contribution in [0.4, 0.5) is 16.2 Å². The maximum atomic E-state index is 12.4. The zero-order chi connectivity index (χ0) is 20.1. The average Bonchev–Trinajstić information content (AvgIpc) is 2.65. The molecule has 0 spiro atoms. The van der Waals surface area contributed by atoms with E-state index in [1.165, 1.54) is 0 Å². The molecule has 2 aromatic carbocycles. The third-order valence-corrected chi connectivity index (χ3v) is 4.33. The topological polar surface area (TPSA) is 63.2 Å². The Morgan fingerprint density at radius 1 is 0.964 bits per heavy atom. The molecule has 28 heavy (non-hydrogen) atoms. The molecule has 0 aliphatic rings. The summed E-state index contributed by atoms with van der Waals surface area (Å²) in [6.45, 7) is 8.25. The van der Waals surface area contributed by atoms with Crippen LogP contribution in [0, 0.1) is 13.8 Å². The van der Waals surface area contributed by atoms with E-state index in [0.717, 1.165) is 28.1 Å². The molecule has 0 radical (unpaired) electrons. The molecule has 2 N–H and O–H groups in total. The Balaban J connectivity index is 1.79. The van der Waals surface area contributed by atoms with Crippen molar-refractivity contribution in [2.24, 2.45) is 0 Å². The van der Waals surface area contributed by atoms with Crippen LogP contribution in [-0.4, -0.2) is 11.0 Å². The monoisotopic (exact) mass is 375 g/mol. The van der Waals surface area contributed by atoms with Crippen LogP contribution in [0.15, 0.2) is 60.8 Å². The van der Waals surface area contributed by atoms with Gasteiger partial charge in [-0.05, 0) is 61.2 Å². The maximum Gasteiger partial charge on any atom is 0.323 e. The first-order valence-electron chi connectivity index (χ1n) is 9.30. The normalized spacial score (nSPS) is 10.6. The lowest BCUT2D eigenvalue weighted by atomic mass is 10.0. The number of nitrogens with one attached hydrogen (secondary N) is 2. The third kappa shape index (κ3) is 4.88. The Morgan fingerprint density at radius 3 is 2.39 bits per heavy atom. The number of pyridine rings is 1. The molecule has 1 heterocycles. The fraction of sp³-hybridized carbons (Fsp3) is 0.217. The number of hydrogen-bond donors (Lipinski definition) is 2. The predicted octanol–water partition coefficient (Wildman–Crippen LogP) is 6.26. The Bertz CT molecular complexity index is 966. The number of anilines is 2. The first kappa shape index (κ1) is 19.4. The average molecular weight is 375 g/mol. The summed E-state index contributed by atoms with van der Waals surface area (Å²) in [5.41, 5.74) is 4.54. The molecule has 0 unspecified atom stereocenters. The van der Waals surface area contributed by atoms with Gasteiger partial charge in [0.15, 0.2) is 0 Å². The van der Waals surface area contributed by atoms with Gasteiger partial charge in [0, 0.05) is 11.9 Å². The van der Waals surface area contributed by atoms with Crippen molar-refractivity contribution in [2.75, 3.05) is 10.6 Å². The number of hydrogen-bond acceptors (Lipinski definition) is 3. The number of rotatable bonds is 5. The summed E-state index contributed by atoms with van der Waals surface area (Å²) < 4.78 is 6.10. The van der Waals surface area contributed by atoms with Gasteiger partial charge in [-0.2, -0.15) is 0 Å². The van der Waals surface area contributed by atoms with E-state index in [0.29, 0.717) is 17.5 Å². The summed E-state index contributed by atoms with van der Waals surface area (Å²) in [5, 5.41) is 5.63. The number of ether oxygens (including phenoxy) is 1. The first-order valence-corrected chi connectivity index (χ1v) is 9.30. The van der Waals surface area contributed by atoms with E-state index in [-0.39, 0.29) is 6.03 Å². The van der Waals surface area contributed by atoms with E-state index in [4.69, 9.17) is 4.74 Å². The highest BCUT2D eigenvalue weighted by Gasteiger charge is 2.14.